The van der Waals surface area contributed by atoms with Crippen molar-refractivity contribution in [3.05, 3.63) is 54.6 Å². The van der Waals surface area contributed by atoms with E-state index in [1.807, 2.05) is 0 Å². The highest BCUT2D eigenvalue weighted by atomic mass is 35.5. The van der Waals surface area contributed by atoms with Gasteiger partial charge in [0, 0.05) is 11.3 Å². The Hall–Kier alpha value is -1.10. The van der Waals surface area contributed by atoms with Crippen molar-refractivity contribution in [1.29, 1.82) is 0 Å². The van der Waals surface area contributed by atoms with E-state index in [-0.39, 0.29) is 5.69 Å². The molecule has 1 aromatic heterocycles. The van der Waals surface area contributed by atoms with E-state index in [4.69, 9.17) is 35.4 Å². The van der Waals surface area contributed by atoms with Crippen LogP contribution in [0.15, 0.2) is 23.0 Å². The summed E-state index contributed by atoms with van der Waals surface area (Å²) in [6.07, 6.45) is 3.92. The number of H-pyrrole nitrogens is 1. The molecule has 6 heteroatoms. The van der Waals surface area contributed by atoms with Crippen molar-refractivity contribution in [3.63, 3.8) is 0 Å². The zero-order chi connectivity index (χ0) is 14.3. The lowest BCUT2D eigenvalue weighted by Gasteiger charge is -2.20. The van der Waals surface area contributed by atoms with Gasteiger partial charge in [0.1, 0.15) is 4.64 Å². The van der Waals surface area contributed by atoms with E-state index >= 15 is 0 Å². The molecular formula is C14H12Cl2N2OS. The zero-order valence-corrected chi connectivity index (χ0v) is 12.9. The Morgan fingerprint density at radius 3 is 2.65 bits per heavy atom. The minimum atomic E-state index is -0.228. The lowest BCUT2D eigenvalue weighted by Crippen LogP contribution is -2.28. The average Bonchev–Trinajstić information content (AvgIpc) is 2.43. The molecule has 0 amide bonds. The van der Waals surface area contributed by atoms with E-state index in [0.717, 1.165) is 36.9 Å². The third-order valence-corrected chi connectivity index (χ3v) is 4.66. The van der Waals surface area contributed by atoms with E-state index in [0.29, 0.717) is 20.4 Å². The molecule has 0 aliphatic heterocycles. The van der Waals surface area contributed by atoms with Gasteiger partial charge in [0.05, 0.1) is 15.7 Å². The van der Waals surface area contributed by atoms with Crippen LogP contribution in [0, 0.1) is 4.64 Å². The van der Waals surface area contributed by atoms with Crippen LogP contribution in [0.5, 0.6) is 0 Å². The smallest absolute Gasteiger partial charge is 0.298 e. The SMILES string of the molecule is O=c1[nH]c(=S)c2c(n1-c1ccc(Cl)c(Cl)c1)CCCC2. The van der Waals surface area contributed by atoms with E-state index in [1.54, 1.807) is 22.8 Å². The van der Waals surface area contributed by atoms with Gasteiger partial charge in [-0.15, -0.1) is 0 Å². The van der Waals surface area contributed by atoms with E-state index in [2.05, 4.69) is 4.98 Å². The van der Waals surface area contributed by atoms with Crippen LogP contribution in [0.4, 0.5) is 0 Å². The second-order valence-corrected chi connectivity index (χ2v) is 6.05. The molecule has 104 valence electrons. The van der Waals surface area contributed by atoms with E-state index in [1.165, 1.54) is 0 Å². The lowest BCUT2D eigenvalue weighted by molar-refractivity contribution is 0.631. The van der Waals surface area contributed by atoms with E-state index < -0.39 is 0 Å². The monoisotopic (exact) mass is 326 g/mol. The van der Waals surface area contributed by atoms with Crippen LogP contribution in [-0.4, -0.2) is 9.55 Å². The molecule has 1 heterocycles. The molecule has 2 aromatic rings. The van der Waals surface area contributed by atoms with Gasteiger partial charge in [-0.3, -0.25) is 9.55 Å². The molecule has 0 saturated carbocycles. The molecule has 0 spiro atoms. The van der Waals surface area contributed by atoms with Crippen LogP contribution in [0.1, 0.15) is 24.1 Å². The fourth-order valence-corrected chi connectivity index (χ4v) is 3.23. The van der Waals surface area contributed by atoms with Crippen LogP contribution in [0.2, 0.25) is 10.0 Å². The number of hydrogen-bond acceptors (Lipinski definition) is 2. The molecule has 0 bridgehead atoms. The number of hydrogen-bond donors (Lipinski definition) is 1. The molecule has 1 N–H and O–H groups in total. The standard InChI is InChI=1S/C14H12Cl2N2OS/c15-10-6-5-8(7-11(10)16)18-12-4-2-1-3-9(12)13(20)17-14(18)19/h5-7H,1-4H2,(H,17,19,20). The Labute approximate surface area is 131 Å². The first kappa shape index (κ1) is 13.9. The number of rotatable bonds is 1. The normalized spacial score (nSPS) is 14.1. The largest absolute Gasteiger partial charge is 0.331 e. The summed E-state index contributed by atoms with van der Waals surface area (Å²) >= 11 is 17.3. The Kier molecular flexibility index (Phi) is 3.71. The number of aromatic amines is 1. The summed E-state index contributed by atoms with van der Waals surface area (Å²) in [6, 6.07) is 5.20. The predicted molar refractivity (Wildman–Crippen MR) is 83.9 cm³/mol. The number of nitrogens with zero attached hydrogens (tertiary/aromatic N) is 1. The van der Waals surface area contributed by atoms with Gasteiger partial charge in [0.2, 0.25) is 0 Å². The van der Waals surface area contributed by atoms with Crippen molar-refractivity contribution < 1.29 is 0 Å². The van der Waals surface area contributed by atoms with Gasteiger partial charge in [-0.2, -0.15) is 0 Å². The van der Waals surface area contributed by atoms with Gasteiger partial charge in [-0.05, 0) is 43.9 Å². The maximum absolute atomic E-state index is 12.3. The van der Waals surface area contributed by atoms with Crippen LogP contribution in [-0.2, 0) is 12.8 Å². The highest BCUT2D eigenvalue weighted by Crippen LogP contribution is 2.27. The van der Waals surface area contributed by atoms with Crippen molar-refractivity contribution in [2.75, 3.05) is 0 Å². The van der Waals surface area contributed by atoms with Gasteiger partial charge < -0.3 is 0 Å². The molecule has 1 aromatic carbocycles. The third-order valence-electron chi connectivity index (χ3n) is 3.57. The van der Waals surface area contributed by atoms with Gasteiger partial charge >= 0.3 is 5.69 Å². The fourth-order valence-electron chi connectivity index (χ4n) is 2.63. The van der Waals surface area contributed by atoms with Crippen molar-refractivity contribution in [3.8, 4) is 5.69 Å². The maximum atomic E-state index is 12.3. The Morgan fingerprint density at radius 1 is 1.15 bits per heavy atom. The summed E-state index contributed by atoms with van der Waals surface area (Å²) in [5, 5.41) is 0.907. The van der Waals surface area contributed by atoms with Crippen molar-refractivity contribution >= 4 is 35.4 Å². The van der Waals surface area contributed by atoms with Gasteiger partial charge in [-0.25, -0.2) is 4.79 Å². The Bertz CT molecular complexity index is 795. The Morgan fingerprint density at radius 2 is 1.90 bits per heavy atom. The maximum Gasteiger partial charge on any atom is 0.331 e. The molecule has 3 rings (SSSR count). The van der Waals surface area contributed by atoms with Crippen molar-refractivity contribution in [2.45, 2.75) is 25.7 Å². The molecule has 3 nitrogen and oxygen atoms in total. The first-order chi connectivity index (χ1) is 9.58. The van der Waals surface area contributed by atoms with Gasteiger partial charge in [0.25, 0.3) is 0 Å². The number of halogens is 2. The third kappa shape index (κ3) is 2.32. The number of aromatic nitrogens is 2. The first-order valence-corrected chi connectivity index (χ1v) is 7.57. The second-order valence-electron chi connectivity index (χ2n) is 4.83. The number of nitrogens with one attached hydrogen (secondary N) is 1. The summed E-state index contributed by atoms with van der Waals surface area (Å²) < 4.78 is 2.22. The van der Waals surface area contributed by atoms with Gasteiger partial charge in [-0.1, -0.05) is 35.4 Å². The molecule has 1 aliphatic carbocycles. The summed E-state index contributed by atoms with van der Waals surface area (Å²) in [7, 11) is 0. The molecule has 20 heavy (non-hydrogen) atoms. The lowest BCUT2D eigenvalue weighted by atomic mass is 9.97. The molecule has 0 unspecified atom stereocenters. The van der Waals surface area contributed by atoms with Crippen LogP contribution in [0.3, 0.4) is 0 Å². The summed E-state index contributed by atoms with van der Waals surface area (Å²) in [4.78, 5) is 15.0. The van der Waals surface area contributed by atoms with Crippen LogP contribution >= 0.6 is 35.4 Å². The quantitative estimate of drug-likeness (QED) is 0.802. The fraction of sp³-hybridized carbons (Fsp3) is 0.286. The second kappa shape index (κ2) is 5.35. The van der Waals surface area contributed by atoms with Crippen molar-refractivity contribution in [2.24, 2.45) is 0 Å². The highest BCUT2D eigenvalue weighted by molar-refractivity contribution is 7.71. The summed E-state index contributed by atoms with van der Waals surface area (Å²) in [6.45, 7) is 0. The van der Waals surface area contributed by atoms with Crippen LogP contribution in [0.25, 0.3) is 5.69 Å². The summed E-state index contributed by atoms with van der Waals surface area (Å²) in [5.41, 5.74) is 2.54. The molecule has 0 fully saturated rings. The molecular weight excluding hydrogens is 315 g/mol. The zero-order valence-electron chi connectivity index (χ0n) is 10.6. The number of benzene rings is 1. The van der Waals surface area contributed by atoms with E-state index in [9.17, 15) is 4.79 Å². The minimum absolute atomic E-state index is 0.228. The molecule has 0 saturated heterocycles. The average molecular weight is 327 g/mol. The van der Waals surface area contributed by atoms with Crippen molar-refractivity contribution in [1.82, 2.24) is 9.55 Å². The predicted octanol–water partition coefficient (Wildman–Crippen LogP) is 4.08. The number of fused-ring (bicyclic) bond motifs is 1. The highest BCUT2D eigenvalue weighted by Gasteiger charge is 2.18. The van der Waals surface area contributed by atoms with Crippen LogP contribution < -0.4 is 5.69 Å². The summed E-state index contributed by atoms with van der Waals surface area (Å²) in [5.74, 6) is 0. The molecule has 1 aliphatic rings. The van der Waals surface area contributed by atoms with Gasteiger partial charge in [0.15, 0.2) is 0 Å². The first-order valence-electron chi connectivity index (χ1n) is 6.40. The molecule has 0 atom stereocenters. The topological polar surface area (TPSA) is 37.8 Å². The Balaban J connectivity index is 2.30. The molecule has 0 radical (unpaired) electrons. The minimum Gasteiger partial charge on any atom is -0.298 e.